The molecule has 2 aromatic rings. The van der Waals surface area contributed by atoms with Gasteiger partial charge in [-0.15, -0.1) is 0 Å². The van der Waals surface area contributed by atoms with Gasteiger partial charge >= 0.3 is 5.97 Å². The van der Waals surface area contributed by atoms with Crippen LogP contribution in [0.5, 0.6) is 0 Å². The third kappa shape index (κ3) is 5.17. The zero-order chi connectivity index (χ0) is 19.2. The second-order valence-electron chi connectivity index (χ2n) is 6.45. The van der Waals surface area contributed by atoms with E-state index in [2.05, 4.69) is 21.0 Å². The standard InChI is InChI=1S/C18H22N4O4/c1-3-18(2,11-16(24)25)10-15(23)21-22-17(26)14-9-13(19-20-14)12-7-5-4-6-8-12/h4-9H,3,10-11H2,1-2H3,(H,19,20)(H,21,23)(H,22,26)(H,24,25). The summed E-state index contributed by atoms with van der Waals surface area (Å²) in [6.07, 6.45) is 0.405. The maximum atomic E-state index is 12.1. The van der Waals surface area contributed by atoms with Gasteiger partial charge in [0.05, 0.1) is 12.1 Å². The molecular formula is C18H22N4O4. The number of carbonyl (C=O) groups is 3. The average Bonchev–Trinajstić information content (AvgIpc) is 3.10. The average molecular weight is 358 g/mol. The minimum Gasteiger partial charge on any atom is -0.481 e. The lowest BCUT2D eigenvalue weighted by atomic mass is 9.80. The molecule has 4 N–H and O–H groups in total. The van der Waals surface area contributed by atoms with E-state index < -0.39 is 23.2 Å². The topological polar surface area (TPSA) is 124 Å². The van der Waals surface area contributed by atoms with Crippen molar-refractivity contribution < 1.29 is 19.5 Å². The van der Waals surface area contributed by atoms with Gasteiger partial charge in [0.2, 0.25) is 5.91 Å². The highest BCUT2D eigenvalue weighted by atomic mass is 16.4. The lowest BCUT2D eigenvalue weighted by Crippen LogP contribution is -2.43. The minimum atomic E-state index is -0.961. The van der Waals surface area contributed by atoms with Crippen molar-refractivity contribution in [2.24, 2.45) is 5.41 Å². The van der Waals surface area contributed by atoms with Crippen LogP contribution in [0.3, 0.4) is 0 Å². The fraction of sp³-hybridized carbons (Fsp3) is 0.333. The number of nitrogens with zero attached hydrogens (tertiary/aromatic N) is 1. The number of aromatic amines is 1. The van der Waals surface area contributed by atoms with Gasteiger partial charge in [0.25, 0.3) is 5.91 Å². The summed E-state index contributed by atoms with van der Waals surface area (Å²) in [7, 11) is 0. The summed E-state index contributed by atoms with van der Waals surface area (Å²) >= 11 is 0. The first-order valence-electron chi connectivity index (χ1n) is 8.25. The van der Waals surface area contributed by atoms with E-state index in [-0.39, 0.29) is 18.5 Å². The molecule has 0 radical (unpaired) electrons. The van der Waals surface area contributed by atoms with Crippen molar-refractivity contribution in [3.05, 3.63) is 42.1 Å². The van der Waals surface area contributed by atoms with E-state index in [9.17, 15) is 14.4 Å². The molecule has 1 unspecified atom stereocenters. The summed E-state index contributed by atoms with van der Waals surface area (Å²) in [6, 6.07) is 10.9. The molecule has 0 aliphatic carbocycles. The highest BCUT2D eigenvalue weighted by Crippen LogP contribution is 2.29. The van der Waals surface area contributed by atoms with Gasteiger partial charge in [0.1, 0.15) is 5.69 Å². The van der Waals surface area contributed by atoms with Crippen LogP contribution in [0.1, 0.15) is 43.6 Å². The summed E-state index contributed by atoms with van der Waals surface area (Å²) in [5, 5.41) is 15.6. The maximum Gasteiger partial charge on any atom is 0.303 e. The molecule has 0 bridgehead atoms. The SMILES string of the molecule is CCC(C)(CC(=O)O)CC(=O)NNC(=O)c1cc(-c2ccccc2)n[nH]1. The number of hydrogen-bond donors (Lipinski definition) is 4. The zero-order valence-electron chi connectivity index (χ0n) is 14.7. The molecule has 0 spiro atoms. The van der Waals surface area contributed by atoms with Gasteiger partial charge < -0.3 is 5.11 Å². The lowest BCUT2D eigenvalue weighted by molar-refractivity contribution is -0.140. The van der Waals surface area contributed by atoms with Crippen molar-refractivity contribution >= 4 is 17.8 Å². The van der Waals surface area contributed by atoms with Crippen LogP contribution in [-0.2, 0) is 9.59 Å². The smallest absolute Gasteiger partial charge is 0.303 e. The lowest BCUT2D eigenvalue weighted by Gasteiger charge is -2.25. The highest BCUT2D eigenvalue weighted by molar-refractivity contribution is 5.94. The predicted octanol–water partition coefficient (Wildman–Crippen LogP) is 2.12. The third-order valence-corrected chi connectivity index (χ3v) is 4.23. The number of carboxylic acid groups (broad SMARTS) is 1. The number of carboxylic acids is 1. The van der Waals surface area contributed by atoms with E-state index in [1.54, 1.807) is 13.0 Å². The van der Waals surface area contributed by atoms with Gasteiger partial charge in [-0.05, 0) is 17.9 Å². The van der Waals surface area contributed by atoms with Crippen molar-refractivity contribution in [1.29, 1.82) is 0 Å². The number of benzene rings is 1. The number of H-pyrrole nitrogens is 1. The molecule has 1 atom stereocenters. The van der Waals surface area contributed by atoms with E-state index >= 15 is 0 Å². The molecule has 26 heavy (non-hydrogen) atoms. The molecule has 0 saturated carbocycles. The van der Waals surface area contributed by atoms with Crippen LogP contribution in [0, 0.1) is 5.41 Å². The molecule has 1 aromatic heterocycles. The quantitative estimate of drug-likeness (QED) is 0.564. The Morgan fingerprint density at radius 3 is 2.46 bits per heavy atom. The van der Waals surface area contributed by atoms with Crippen LogP contribution in [0.4, 0.5) is 0 Å². The Labute approximate surface area is 151 Å². The first kappa shape index (κ1) is 19.2. The monoisotopic (exact) mass is 358 g/mol. The Morgan fingerprint density at radius 2 is 1.85 bits per heavy atom. The molecular weight excluding hydrogens is 336 g/mol. The van der Waals surface area contributed by atoms with E-state index in [4.69, 9.17) is 5.11 Å². The number of rotatable bonds is 7. The largest absolute Gasteiger partial charge is 0.481 e. The summed E-state index contributed by atoms with van der Waals surface area (Å²) in [5.74, 6) is -1.95. The molecule has 8 heteroatoms. The van der Waals surface area contributed by atoms with E-state index in [1.807, 2.05) is 37.3 Å². The Balaban J connectivity index is 1.91. The van der Waals surface area contributed by atoms with Gasteiger partial charge in [0.15, 0.2) is 0 Å². The molecule has 138 valence electrons. The Morgan fingerprint density at radius 1 is 1.15 bits per heavy atom. The first-order valence-corrected chi connectivity index (χ1v) is 8.25. The second kappa shape index (κ2) is 8.28. The number of carbonyl (C=O) groups excluding carboxylic acids is 2. The van der Waals surface area contributed by atoms with Gasteiger partial charge in [-0.25, -0.2) is 0 Å². The molecule has 0 fully saturated rings. The van der Waals surface area contributed by atoms with E-state index in [0.29, 0.717) is 12.1 Å². The number of hydrogen-bond acceptors (Lipinski definition) is 4. The Bertz CT molecular complexity index is 787. The van der Waals surface area contributed by atoms with E-state index in [1.165, 1.54) is 0 Å². The summed E-state index contributed by atoms with van der Waals surface area (Å²) in [5.41, 5.74) is 5.62. The van der Waals surface area contributed by atoms with Crippen LogP contribution in [-0.4, -0.2) is 33.1 Å². The molecule has 1 heterocycles. The first-order chi connectivity index (χ1) is 12.3. The van der Waals surface area contributed by atoms with Crippen LogP contribution in [0.15, 0.2) is 36.4 Å². The Kier molecular flexibility index (Phi) is 6.11. The number of hydrazine groups is 1. The number of aromatic nitrogens is 2. The van der Waals surface area contributed by atoms with Crippen molar-refractivity contribution in [3.8, 4) is 11.3 Å². The molecule has 8 nitrogen and oxygen atoms in total. The molecule has 1 aromatic carbocycles. The second-order valence-corrected chi connectivity index (χ2v) is 6.45. The van der Waals surface area contributed by atoms with Gasteiger partial charge in [0, 0.05) is 12.0 Å². The number of nitrogens with one attached hydrogen (secondary N) is 3. The zero-order valence-corrected chi connectivity index (χ0v) is 14.7. The van der Waals surface area contributed by atoms with Crippen LogP contribution in [0.2, 0.25) is 0 Å². The fourth-order valence-electron chi connectivity index (χ4n) is 2.50. The normalized spacial score (nSPS) is 12.8. The molecule has 0 saturated heterocycles. The van der Waals surface area contributed by atoms with Crippen molar-refractivity contribution in [1.82, 2.24) is 21.0 Å². The summed E-state index contributed by atoms with van der Waals surface area (Å²) in [6.45, 7) is 3.55. The maximum absolute atomic E-state index is 12.1. The van der Waals surface area contributed by atoms with Crippen molar-refractivity contribution in [2.45, 2.75) is 33.1 Å². The van der Waals surface area contributed by atoms with E-state index in [0.717, 1.165) is 5.56 Å². The van der Waals surface area contributed by atoms with Crippen LogP contribution < -0.4 is 10.9 Å². The molecule has 0 aliphatic heterocycles. The Hall–Kier alpha value is -3.16. The van der Waals surface area contributed by atoms with Gasteiger partial charge in [-0.3, -0.25) is 30.3 Å². The molecule has 2 rings (SSSR count). The highest BCUT2D eigenvalue weighted by Gasteiger charge is 2.28. The van der Waals surface area contributed by atoms with Gasteiger partial charge in [-0.1, -0.05) is 44.2 Å². The summed E-state index contributed by atoms with van der Waals surface area (Å²) < 4.78 is 0. The van der Waals surface area contributed by atoms with Crippen LogP contribution >= 0.6 is 0 Å². The number of amides is 2. The summed E-state index contributed by atoms with van der Waals surface area (Å²) in [4.78, 5) is 35.0. The predicted molar refractivity (Wildman–Crippen MR) is 94.9 cm³/mol. The minimum absolute atomic E-state index is 0.00563. The van der Waals surface area contributed by atoms with Crippen molar-refractivity contribution in [2.75, 3.05) is 0 Å². The third-order valence-electron chi connectivity index (χ3n) is 4.23. The fourth-order valence-corrected chi connectivity index (χ4v) is 2.50. The van der Waals surface area contributed by atoms with Crippen molar-refractivity contribution in [3.63, 3.8) is 0 Å². The van der Waals surface area contributed by atoms with Gasteiger partial charge in [-0.2, -0.15) is 5.10 Å². The molecule has 0 aliphatic rings. The molecule has 2 amide bonds. The van der Waals surface area contributed by atoms with Crippen LogP contribution in [0.25, 0.3) is 11.3 Å². The number of aliphatic carboxylic acids is 1.